The Kier molecular flexibility index (Phi) is 4.77. The van der Waals surface area contributed by atoms with E-state index in [0.717, 1.165) is 23.4 Å². The van der Waals surface area contributed by atoms with Crippen LogP contribution in [-0.2, 0) is 0 Å². The van der Waals surface area contributed by atoms with Crippen LogP contribution in [-0.4, -0.2) is 32.1 Å². The molecular weight excluding hydrogens is 200 g/mol. The molecule has 0 amide bonds. The van der Waals surface area contributed by atoms with Crippen LogP contribution in [0.4, 0.5) is 0 Å². The van der Waals surface area contributed by atoms with E-state index in [2.05, 4.69) is 17.9 Å². The zero-order valence-electron chi connectivity index (χ0n) is 10.7. The lowest BCUT2D eigenvalue weighted by Gasteiger charge is -2.14. The fourth-order valence-electron chi connectivity index (χ4n) is 1.46. The fourth-order valence-corrected chi connectivity index (χ4v) is 1.46. The van der Waals surface area contributed by atoms with E-state index in [1.54, 1.807) is 0 Å². The zero-order valence-corrected chi connectivity index (χ0v) is 10.7. The predicted molar refractivity (Wildman–Crippen MR) is 67.8 cm³/mol. The first-order chi connectivity index (χ1) is 7.50. The summed E-state index contributed by atoms with van der Waals surface area (Å²) in [5.74, 6) is 0.950. The van der Waals surface area contributed by atoms with Crippen molar-refractivity contribution in [1.82, 2.24) is 4.90 Å². The van der Waals surface area contributed by atoms with Gasteiger partial charge in [0.15, 0.2) is 0 Å². The molecule has 0 fully saturated rings. The molecule has 0 aliphatic carbocycles. The summed E-state index contributed by atoms with van der Waals surface area (Å²) < 4.78 is 5.70. The second-order valence-corrected chi connectivity index (χ2v) is 4.47. The summed E-state index contributed by atoms with van der Waals surface area (Å²) in [5.41, 5.74) is 8.12. The van der Waals surface area contributed by atoms with E-state index in [1.165, 1.54) is 0 Å². The zero-order chi connectivity index (χ0) is 12.1. The van der Waals surface area contributed by atoms with Crippen molar-refractivity contribution in [1.29, 1.82) is 0 Å². The van der Waals surface area contributed by atoms with Crippen molar-refractivity contribution in [3.8, 4) is 5.75 Å². The van der Waals surface area contributed by atoms with E-state index in [-0.39, 0.29) is 6.04 Å². The van der Waals surface area contributed by atoms with Crippen molar-refractivity contribution in [2.75, 3.05) is 27.2 Å². The lowest BCUT2D eigenvalue weighted by atomic mass is 10.1. The number of nitrogens with zero attached hydrogens (tertiary/aromatic N) is 1. The number of hydrogen-bond donors (Lipinski definition) is 1. The maximum absolute atomic E-state index is 5.83. The van der Waals surface area contributed by atoms with Crippen LogP contribution in [0.1, 0.15) is 24.1 Å². The molecule has 2 N–H and O–H groups in total. The van der Waals surface area contributed by atoms with Crippen LogP contribution in [0.3, 0.4) is 0 Å². The molecule has 0 heterocycles. The van der Waals surface area contributed by atoms with Crippen molar-refractivity contribution in [2.24, 2.45) is 5.73 Å². The molecule has 1 aromatic rings. The molecule has 0 aromatic heterocycles. The lowest BCUT2D eigenvalue weighted by Crippen LogP contribution is -2.19. The molecule has 3 heteroatoms. The third-order valence-corrected chi connectivity index (χ3v) is 2.52. The molecule has 0 radical (unpaired) electrons. The average molecular weight is 222 g/mol. The molecule has 0 spiro atoms. The molecular formula is C13H22N2O. The predicted octanol–water partition coefficient (Wildman–Crippen LogP) is 1.96. The van der Waals surface area contributed by atoms with Crippen molar-refractivity contribution >= 4 is 0 Å². The molecule has 0 aliphatic heterocycles. The van der Waals surface area contributed by atoms with Gasteiger partial charge in [-0.3, -0.25) is 0 Å². The first-order valence-electron chi connectivity index (χ1n) is 5.64. The molecule has 0 saturated carbocycles. The summed E-state index contributed by atoms with van der Waals surface area (Å²) in [6.45, 7) is 5.68. The summed E-state index contributed by atoms with van der Waals surface area (Å²) in [5, 5.41) is 0. The van der Waals surface area contributed by atoms with Gasteiger partial charge in [-0.25, -0.2) is 0 Å². The standard InChI is InChI=1S/C13H22N2O/c1-10-9-12(11(2)14)5-6-13(10)16-8-7-15(3)4/h5-6,9,11H,7-8,14H2,1-4H3. The largest absolute Gasteiger partial charge is 0.492 e. The lowest BCUT2D eigenvalue weighted by molar-refractivity contribution is 0.260. The Morgan fingerprint density at radius 3 is 2.56 bits per heavy atom. The summed E-state index contributed by atoms with van der Waals surface area (Å²) in [7, 11) is 4.07. The van der Waals surface area contributed by atoms with Crippen LogP contribution >= 0.6 is 0 Å². The minimum absolute atomic E-state index is 0.0783. The minimum atomic E-state index is 0.0783. The minimum Gasteiger partial charge on any atom is -0.492 e. The van der Waals surface area contributed by atoms with Gasteiger partial charge in [0.25, 0.3) is 0 Å². The molecule has 1 unspecified atom stereocenters. The van der Waals surface area contributed by atoms with Gasteiger partial charge in [-0.15, -0.1) is 0 Å². The number of ether oxygens (including phenoxy) is 1. The van der Waals surface area contributed by atoms with Crippen molar-refractivity contribution < 1.29 is 4.74 Å². The van der Waals surface area contributed by atoms with Gasteiger partial charge in [0.1, 0.15) is 12.4 Å². The number of aryl methyl sites for hydroxylation is 1. The Balaban J connectivity index is 2.61. The molecule has 1 aromatic carbocycles. The van der Waals surface area contributed by atoms with E-state index in [1.807, 2.05) is 33.2 Å². The second-order valence-electron chi connectivity index (χ2n) is 4.47. The number of likely N-dealkylation sites (N-methyl/N-ethyl adjacent to an activating group) is 1. The van der Waals surface area contributed by atoms with Gasteiger partial charge < -0.3 is 15.4 Å². The van der Waals surface area contributed by atoms with E-state index in [4.69, 9.17) is 10.5 Å². The Morgan fingerprint density at radius 2 is 2.06 bits per heavy atom. The first-order valence-corrected chi connectivity index (χ1v) is 5.64. The van der Waals surface area contributed by atoms with Crippen molar-refractivity contribution in [3.05, 3.63) is 29.3 Å². The number of nitrogens with two attached hydrogens (primary N) is 1. The highest BCUT2D eigenvalue weighted by molar-refractivity contribution is 5.37. The molecule has 0 bridgehead atoms. The highest BCUT2D eigenvalue weighted by atomic mass is 16.5. The Labute approximate surface area is 98.2 Å². The quantitative estimate of drug-likeness (QED) is 0.827. The van der Waals surface area contributed by atoms with Gasteiger partial charge >= 0.3 is 0 Å². The molecule has 1 rings (SSSR count). The maximum Gasteiger partial charge on any atom is 0.122 e. The van der Waals surface area contributed by atoms with Gasteiger partial charge in [0.05, 0.1) is 0 Å². The number of benzene rings is 1. The van der Waals surface area contributed by atoms with Crippen molar-refractivity contribution in [2.45, 2.75) is 19.9 Å². The smallest absolute Gasteiger partial charge is 0.122 e. The third kappa shape index (κ3) is 3.83. The van der Waals surface area contributed by atoms with Crippen LogP contribution in [0, 0.1) is 6.92 Å². The van der Waals surface area contributed by atoms with E-state index < -0.39 is 0 Å². The molecule has 0 saturated heterocycles. The Morgan fingerprint density at radius 1 is 1.38 bits per heavy atom. The van der Waals surface area contributed by atoms with E-state index >= 15 is 0 Å². The summed E-state index contributed by atoms with van der Waals surface area (Å²) in [4.78, 5) is 2.10. The normalized spacial score (nSPS) is 12.9. The Bertz CT molecular complexity index is 335. The number of hydrogen-bond acceptors (Lipinski definition) is 3. The number of rotatable bonds is 5. The van der Waals surface area contributed by atoms with Crippen LogP contribution in [0.2, 0.25) is 0 Å². The van der Waals surface area contributed by atoms with Crippen LogP contribution in [0.5, 0.6) is 5.75 Å². The summed E-state index contributed by atoms with van der Waals surface area (Å²) >= 11 is 0. The van der Waals surface area contributed by atoms with Crippen LogP contribution < -0.4 is 10.5 Å². The van der Waals surface area contributed by atoms with Crippen LogP contribution in [0.15, 0.2) is 18.2 Å². The average Bonchev–Trinajstić information content (AvgIpc) is 2.19. The molecule has 1 atom stereocenters. The van der Waals surface area contributed by atoms with Crippen LogP contribution in [0.25, 0.3) is 0 Å². The fraction of sp³-hybridized carbons (Fsp3) is 0.538. The summed E-state index contributed by atoms with van der Waals surface area (Å²) in [6.07, 6.45) is 0. The maximum atomic E-state index is 5.83. The molecule has 3 nitrogen and oxygen atoms in total. The summed E-state index contributed by atoms with van der Waals surface area (Å²) in [6, 6.07) is 6.21. The van der Waals surface area contributed by atoms with Gasteiger partial charge in [-0.1, -0.05) is 12.1 Å². The highest BCUT2D eigenvalue weighted by Crippen LogP contribution is 2.21. The Hall–Kier alpha value is -1.06. The van der Waals surface area contributed by atoms with Crippen molar-refractivity contribution in [3.63, 3.8) is 0 Å². The van der Waals surface area contributed by atoms with E-state index in [9.17, 15) is 0 Å². The van der Waals surface area contributed by atoms with Gasteiger partial charge in [0, 0.05) is 12.6 Å². The topological polar surface area (TPSA) is 38.5 Å². The SMILES string of the molecule is Cc1cc(C(C)N)ccc1OCCN(C)C. The van der Waals surface area contributed by atoms with Gasteiger partial charge in [-0.05, 0) is 45.1 Å². The first kappa shape index (κ1) is 13.0. The molecule has 16 heavy (non-hydrogen) atoms. The highest BCUT2D eigenvalue weighted by Gasteiger charge is 2.04. The monoisotopic (exact) mass is 222 g/mol. The van der Waals surface area contributed by atoms with Gasteiger partial charge in [-0.2, -0.15) is 0 Å². The van der Waals surface area contributed by atoms with Gasteiger partial charge in [0.2, 0.25) is 0 Å². The molecule has 90 valence electrons. The second kappa shape index (κ2) is 5.87. The third-order valence-electron chi connectivity index (χ3n) is 2.52. The molecule has 0 aliphatic rings. The van der Waals surface area contributed by atoms with E-state index in [0.29, 0.717) is 6.61 Å².